The van der Waals surface area contributed by atoms with Crippen molar-refractivity contribution in [1.82, 2.24) is 14.4 Å². The second-order valence-corrected chi connectivity index (χ2v) is 18.2. The van der Waals surface area contributed by atoms with Gasteiger partial charge in [-0.25, -0.2) is 0 Å². The third-order valence-corrected chi connectivity index (χ3v) is 12.1. The van der Waals surface area contributed by atoms with Crippen LogP contribution in [-0.2, 0) is 10.8 Å². The van der Waals surface area contributed by atoms with Crippen LogP contribution in [0.2, 0.25) is 0 Å². The Hall–Kier alpha value is -1.28. The number of fused-ring (bicyclic) bond motifs is 3. The van der Waals surface area contributed by atoms with Crippen molar-refractivity contribution >= 4 is 78.4 Å². The topological polar surface area (TPSA) is 11.4 Å². The summed E-state index contributed by atoms with van der Waals surface area (Å²) < 4.78 is 4.73. The molecule has 0 aliphatic heterocycles. The molecule has 0 amide bonds. The van der Waals surface area contributed by atoms with Gasteiger partial charge in [-0.3, -0.25) is 0 Å². The van der Waals surface area contributed by atoms with E-state index in [1.54, 1.807) is 0 Å². The molecule has 0 N–H and O–H groups in total. The molecule has 1 heterocycles. The molecule has 0 fully saturated rings. The molecule has 3 nitrogen and oxygen atoms in total. The van der Waals surface area contributed by atoms with E-state index in [0.717, 1.165) is 20.1 Å². The molecule has 3 aromatic rings. The Morgan fingerprint density at radius 1 is 0.636 bits per heavy atom. The van der Waals surface area contributed by atoms with Crippen LogP contribution in [0.4, 0.5) is 0 Å². The SMILES string of the molecule is CN(C)C(=S)SCCCCCC(CCCCCSC(=S)N(C)C)n1c2cc(C(C)(C)C)ccc2c2ccc(C(C)(C)C)cc21. The van der Waals surface area contributed by atoms with Crippen LogP contribution in [0.25, 0.3) is 21.8 Å². The second kappa shape index (κ2) is 16.5. The zero-order chi connectivity index (χ0) is 32.7. The van der Waals surface area contributed by atoms with Crippen LogP contribution in [0, 0.1) is 0 Å². The molecule has 1 aromatic heterocycles. The van der Waals surface area contributed by atoms with Gasteiger partial charge in [0.1, 0.15) is 8.64 Å². The molecule has 44 heavy (non-hydrogen) atoms. The highest BCUT2D eigenvalue weighted by atomic mass is 32.2. The van der Waals surface area contributed by atoms with Gasteiger partial charge in [-0.1, -0.05) is 139 Å². The molecular formula is C37H57N3S4. The third kappa shape index (κ3) is 10.4. The van der Waals surface area contributed by atoms with Crippen molar-refractivity contribution in [3.63, 3.8) is 0 Å². The van der Waals surface area contributed by atoms with E-state index in [2.05, 4.69) is 82.5 Å². The van der Waals surface area contributed by atoms with E-state index >= 15 is 0 Å². The molecule has 7 heteroatoms. The molecule has 0 aliphatic carbocycles. The number of aromatic nitrogens is 1. The van der Waals surface area contributed by atoms with E-state index in [9.17, 15) is 0 Å². The van der Waals surface area contributed by atoms with E-state index in [1.165, 1.54) is 84.3 Å². The highest BCUT2D eigenvalue weighted by molar-refractivity contribution is 8.23. The van der Waals surface area contributed by atoms with Crippen LogP contribution in [0.15, 0.2) is 36.4 Å². The summed E-state index contributed by atoms with van der Waals surface area (Å²) in [5, 5.41) is 2.78. The van der Waals surface area contributed by atoms with E-state index in [4.69, 9.17) is 24.4 Å². The average Bonchev–Trinajstić information content (AvgIpc) is 3.27. The molecule has 0 bridgehead atoms. The summed E-state index contributed by atoms with van der Waals surface area (Å²) in [5.74, 6) is 2.21. The number of benzene rings is 2. The second-order valence-electron chi connectivity index (χ2n) is 14.7. The molecule has 0 aliphatic rings. The molecule has 2 aromatic carbocycles. The standard InChI is InChI=1S/C37H57N3S4/c1-36(2,3)27-19-21-30-31-22-20-28(37(4,5)6)26-33(31)40(32(30)25-27)29(17-13-11-15-23-43-34(41)38(7)8)18-14-12-16-24-44-35(42)39(9)10/h19-22,25-26,29H,11-18,23-24H2,1-10H3. The van der Waals surface area contributed by atoms with Crippen LogP contribution < -0.4 is 0 Å². The van der Waals surface area contributed by atoms with Gasteiger partial charge in [0.15, 0.2) is 0 Å². The first-order chi connectivity index (χ1) is 20.6. The summed E-state index contributed by atoms with van der Waals surface area (Å²) >= 11 is 14.6. The molecule has 0 radical (unpaired) electrons. The lowest BCUT2D eigenvalue weighted by Gasteiger charge is -2.25. The lowest BCUT2D eigenvalue weighted by atomic mass is 9.86. The first-order valence-electron chi connectivity index (χ1n) is 16.4. The molecule has 0 saturated carbocycles. The Morgan fingerprint density at radius 3 is 1.36 bits per heavy atom. The van der Waals surface area contributed by atoms with Gasteiger partial charge in [0.05, 0.1) is 0 Å². The maximum absolute atomic E-state index is 5.49. The zero-order valence-electron chi connectivity index (χ0n) is 29.1. The van der Waals surface area contributed by atoms with Crippen molar-refractivity contribution in [2.24, 2.45) is 0 Å². The van der Waals surface area contributed by atoms with Crippen LogP contribution in [-0.4, -0.2) is 62.7 Å². The lowest BCUT2D eigenvalue weighted by molar-refractivity contribution is 0.418. The molecule has 0 atom stereocenters. The fourth-order valence-electron chi connectivity index (χ4n) is 5.67. The van der Waals surface area contributed by atoms with Gasteiger partial charge in [-0.05, 0) is 59.8 Å². The van der Waals surface area contributed by atoms with Gasteiger partial charge in [0.2, 0.25) is 0 Å². The van der Waals surface area contributed by atoms with E-state index in [1.807, 2.05) is 61.5 Å². The summed E-state index contributed by atoms with van der Waals surface area (Å²) in [6.07, 6.45) is 9.82. The predicted molar refractivity (Wildman–Crippen MR) is 210 cm³/mol. The van der Waals surface area contributed by atoms with E-state index in [-0.39, 0.29) is 10.8 Å². The zero-order valence-corrected chi connectivity index (χ0v) is 32.4. The fourth-order valence-corrected chi connectivity index (χ4v) is 7.73. The molecule has 3 rings (SSSR count). The van der Waals surface area contributed by atoms with Crippen molar-refractivity contribution in [3.05, 3.63) is 47.5 Å². The number of hydrogen-bond donors (Lipinski definition) is 0. The van der Waals surface area contributed by atoms with Crippen LogP contribution in [0.1, 0.15) is 110 Å². The quantitative estimate of drug-likeness (QED) is 0.131. The predicted octanol–water partition coefficient (Wildman–Crippen LogP) is 11.2. The largest absolute Gasteiger partial charge is 0.364 e. The van der Waals surface area contributed by atoms with E-state index in [0.29, 0.717) is 6.04 Å². The maximum atomic E-state index is 5.49. The van der Waals surface area contributed by atoms with Crippen molar-refractivity contribution in [1.29, 1.82) is 0 Å². The van der Waals surface area contributed by atoms with Crippen LogP contribution >= 0.6 is 48.0 Å². The first kappa shape index (κ1) is 37.2. The van der Waals surface area contributed by atoms with Gasteiger partial charge < -0.3 is 14.4 Å². The Bertz CT molecular complexity index is 1290. The monoisotopic (exact) mass is 671 g/mol. The normalized spacial score (nSPS) is 12.4. The molecule has 0 saturated heterocycles. The van der Waals surface area contributed by atoms with Gasteiger partial charge in [-0.2, -0.15) is 0 Å². The first-order valence-corrected chi connectivity index (χ1v) is 19.2. The highest BCUT2D eigenvalue weighted by Gasteiger charge is 2.23. The van der Waals surface area contributed by atoms with Crippen molar-refractivity contribution in [2.45, 2.75) is 110 Å². The van der Waals surface area contributed by atoms with Crippen LogP contribution in [0.3, 0.4) is 0 Å². The van der Waals surface area contributed by atoms with Gasteiger partial charge in [0, 0.05) is 67.5 Å². The average molecular weight is 672 g/mol. The number of rotatable bonds is 13. The molecule has 0 unspecified atom stereocenters. The third-order valence-electron chi connectivity index (χ3n) is 8.45. The molecular weight excluding hydrogens is 615 g/mol. The van der Waals surface area contributed by atoms with Crippen molar-refractivity contribution in [2.75, 3.05) is 39.7 Å². The minimum atomic E-state index is 0.108. The molecule has 0 spiro atoms. The Balaban J connectivity index is 1.92. The number of unbranched alkanes of at least 4 members (excludes halogenated alkanes) is 4. The Labute approximate surface area is 288 Å². The highest BCUT2D eigenvalue weighted by Crippen LogP contribution is 2.39. The Kier molecular flexibility index (Phi) is 14.0. The van der Waals surface area contributed by atoms with Crippen LogP contribution in [0.5, 0.6) is 0 Å². The number of nitrogens with zero attached hydrogens (tertiary/aromatic N) is 3. The van der Waals surface area contributed by atoms with Crippen molar-refractivity contribution in [3.8, 4) is 0 Å². The maximum Gasteiger partial charge on any atom is 0.135 e. The summed E-state index contributed by atoms with van der Waals surface area (Å²) in [6, 6.07) is 14.9. The number of thiocarbonyl (C=S) groups is 2. The number of hydrogen-bond acceptors (Lipinski definition) is 4. The summed E-state index contributed by atoms with van der Waals surface area (Å²) in [6.45, 7) is 14.0. The van der Waals surface area contributed by atoms with Gasteiger partial charge >= 0.3 is 0 Å². The molecule has 244 valence electrons. The van der Waals surface area contributed by atoms with Crippen molar-refractivity contribution < 1.29 is 0 Å². The minimum absolute atomic E-state index is 0.108. The minimum Gasteiger partial charge on any atom is -0.364 e. The summed E-state index contributed by atoms with van der Waals surface area (Å²) in [5.41, 5.74) is 5.84. The summed E-state index contributed by atoms with van der Waals surface area (Å²) in [7, 11) is 8.15. The van der Waals surface area contributed by atoms with Gasteiger partial charge in [0.25, 0.3) is 0 Å². The van der Waals surface area contributed by atoms with Gasteiger partial charge in [-0.15, -0.1) is 0 Å². The lowest BCUT2D eigenvalue weighted by Crippen LogP contribution is -2.16. The Morgan fingerprint density at radius 2 is 1.02 bits per heavy atom. The summed E-state index contributed by atoms with van der Waals surface area (Å²) in [4.78, 5) is 4.09. The smallest absolute Gasteiger partial charge is 0.135 e. The number of thioether (sulfide) groups is 2. The van der Waals surface area contributed by atoms with E-state index < -0.39 is 0 Å². The fraction of sp³-hybridized carbons (Fsp3) is 0.622.